The molecule has 0 unspecified atom stereocenters. The van der Waals surface area contributed by atoms with Gasteiger partial charge in [0.25, 0.3) is 0 Å². The molecule has 3 N–H and O–H groups in total. The molecular weight excluding hydrogens is 375 g/mol. The van der Waals surface area contributed by atoms with Gasteiger partial charge in [0.05, 0.1) is 5.41 Å². The van der Waals surface area contributed by atoms with Crippen LogP contribution in [-0.4, -0.2) is 25.7 Å². The first-order valence-electron chi connectivity index (χ1n) is 8.24. The lowest BCUT2D eigenvalue weighted by Crippen LogP contribution is -2.46. The molecule has 5 nitrogen and oxygen atoms in total. The third-order valence-electron chi connectivity index (χ3n) is 4.47. The molecule has 3 rings (SSSR count). The molecule has 1 aliphatic rings. The van der Waals surface area contributed by atoms with Crippen molar-refractivity contribution in [2.75, 3.05) is 25.1 Å². The Balaban J connectivity index is 0.00000243. The number of nitrogens with two attached hydrogens (primary N) is 1. The van der Waals surface area contributed by atoms with E-state index in [9.17, 15) is 4.79 Å². The molecule has 1 fully saturated rings. The molecule has 1 heterocycles. The molecule has 1 aliphatic heterocycles. The highest BCUT2D eigenvalue weighted by Crippen LogP contribution is 2.31. The van der Waals surface area contributed by atoms with Crippen LogP contribution in [0.4, 0.5) is 5.69 Å². The van der Waals surface area contributed by atoms with Crippen LogP contribution >= 0.6 is 24.0 Å². The van der Waals surface area contributed by atoms with Crippen LogP contribution in [0.2, 0.25) is 5.02 Å². The number of halogens is 2. The molecule has 0 aromatic heterocycles. The third kappa shape index (κ3) is 4.89. The second kappa shape index (κ2) is 9.24. The molecule has 7 heteroatoms. The van der Waals surface area contributed by atoms with Gasteiger partial charge >= 0.3 is 0 Å². The SMILES string of the molecule is Cl.NCC1(C(=O)Nc2ccc(Oc3cccc(Cl)c3)cc2)CCOCC1. The summed E-state index contributed by atoms with van der Waals surface area (Å²) in [5, 5.41) is 3.57. The average Bonchev–Trinajstić information content (AvgIpc) is 2.64. The number of ether oxygens (including phenoxy) is 2. The Morgan fingerprint density at radius 3 is 2.46 bits per heavy atom. The Labute approximate surface area is 164 Å². The van der Waals surface area contributed by atoms with Gasteiger partial charge in [-0.25, -0.2) is 0 Å². The maximum atomic E-state index is 12.6. The quantitative estimate of drug-likeness (QED) is 0.791. The number of rotatable bonds is 5. The van der Waals surface area contributed by atoms with E-state index < -0.39 is 5.41 Å². The predicted molar refractivity (Wildman–Crippen MR) is 105 cm³/mol. The lowest BCUT2D eigenvalue weighted by molar-refractivity contribution is -0.130. The average molecular weight is 397 g/mol. The van der Waals surface area contributed by atoms with Gasteiger partial charge < -0.3 is 20.5 Å². The van der Waals surface area contributed by atoms with Crippen molar-refractivity contribution in [3.63, 3.8) is 0 Å². The van der Waals surface area contributed by atoms with Crippen LogP contribution in [-0.2, 0) is 9.53 Å². The molecule has 0 bridgehead atoms. The first-order valence-corrected chi connectivity index (χ1v) is 8.62. The number of benzene rings is 2. The topological polar surface area (TPSA) is 73.6 Å². The van der Waals surface area contributed by atoms with Gasteiger partial charge in [-0.1, -0.05) is 17.7 Å². The van der Waals surface area contributed by atoms with E-state index in [0.29, 0.717) is 54.8 Å². The van der Waals surface area contributed by atoms with Crippen molar-refractivity contribution in [1.82, 2.24) is 0 Å². The van der Waals surface area contributed by atoms with Gasteiger partial charge in [-0.2, -0.15) is 0 Å². The second-order valence-electron chi connectivity index (χ2n) is 6.13. The van der Waals surface area contributed by atoms with Gasteiger partial charge in [0.1, 0.15) is 11.5 Å². The number of hydrogen-bond donors (Lipinski definition) is 2. The van der Waals surface area contributed by atoms with E-state index in [0.717, 1.165) is 0 Å². The van der Waals surface area contributed by atoms with Crippen LogP contribution in [0.5, 0.6) is 11.5 Å². The highest BCUT2D eigenvalue weighted by atomic mass is 35.5. The smallest absolute Gasteiger partial charge is 0.232 e. The Kier molecular flexibility index (Phi) is 7.29. The summed E-state index contributed by atoms with van der Waals surface area (Å²) >= 11 is 5.95. The Morgan fingerprint density at radius 1 is 1.15 bits per heavy atom. The zero-order valence-electron chi connectivity index (χ0n) is 14.2. The van der Waals surface area contributed by atoms with Gasteiger partial charge in [-0.15, -0.1) is 12.4 Å². The molecule has 140 valence electrons. The summed E-state index contributed by atoms with van der Waals surface area (Å²) in [6.45, 7) is 1.45. The molecule has 0 atom stereocenters. The summed E-state index contributed by atoms with van der Waals surface area (Å²) in [5.41, 5.74) is 6.03. The zero-order valence-corrected chi connectivity index (χ0v) is 15.8. The van der Waals surface area contributed by atoms with Crippen molar-refractivity contribution < 1.29 is 14.3 Å². The number of carbonyl (C=O) groups is 1. The summed E-state index contributed by atoms with van der Waals surface area (Å²) in [6.07, 6.45) is 1.29. The van der Waals surface area contributed by atoms with Crippen LogP contribution in [0.1, 0.15) is 12.8 Å². The maximum Gasteiger partial charge on any atom is 0.232 e. The Morgan fingerprint density at radius 2 is 1.85 bits per heavy atom. The van der Waals surface area contributed by atoms with Crippen LogP contribution in [0.15, 0.2) is 48.5 Å². The van der Waals surface area contributed by atoms with Crippen molar-refractivity contribution in [3.05, 3.63) is 53.6 Å². The molecule has 0 radical (unpaired) electrons. The number of hydrogen-bond acceptors (Lipinski definition) is 4. The standard InChI is InChI=1S/C19H21ClN2O3.ClH/c20-14-2-1-3-17(12-14)25-16-6-4-15(5-7-16)22-18(23)19(13-21)8-10-24-11-9-19;/h1-7,12H,8-11,13,21H2,(H,22,23);1H. The number of carbonyl (C=O) groups excluding carboxylic acids is 1. The molecular formula is C19H22Cl2N2O3. The van der Waals surface area contributed by atoms with Gasteiger partial charge in [0.15, 0.2) is 0 Å². The molecule has 2 aromatic rings. The zero-order chi connectivity index (χ0) is 17.7. The lowest BCUT2D eigenvalue weighted by atomic mass is 9.79. The minimum absolute atomic E-state index is 0. The van der Waals surface area contributed by atoms with Gasteiger partial charge in [0.2, 0.25) is 5.91 Å². The second-order valence-corrected chi connectivity index (χ2v) is 6.57. The minimum atomic E-state index is -0.547. The summed E-state index contributed by atoms with van der Waals surface area (Å²) < 4.78 is 11.1. The molecule has 0 spiro atoms. The normalized spacial score (nSPS) is 15.6. The van der Waals surface area contributed by atoms with Gasteiger partial charge in [0, 0.05) is 30.5 Å². The summed E-state index contributed by atoms with van der Waals surface area (Å²) in [5.74, 6) is 1.27. The van der Waals surface area contributed by atoms with Crippen LogP contribution in [0.3, 0.4) is 0 Å². The van der Waals surface area contributed by atoms with Crippen molar-refractivity contribution in [2.45, 2.75) is 12.8 Å². The van der Waals surface area contributed by atoms with Crippen LogP contribution in [0.25, 0.3) is 0 Å². The van der Waals surface area contributed by atoms with E-state index in [2.05, 4.69) is 5.32 Å². The molecule has 1 amide bonds. The van der Waals surface area contributed by atoms with Gasteiger partial charge in [-0.05, 0) is 55.3 Å². The first kappa shape index (κ1) is 20.5. The number of anilines is 1. The largest absolute Gasteiger partial charge is 0.457 e. The fourth-order valence-corrected chi connectivity index (χ4v) is 3.00. The lowest BCUT2D eigenvalue weighted by Gasteiger charge is -2.34. The molecule has 2 aromatic carbocycles. The van der Waals surface area contributed by atoms with E-state index in [1.54, 1.807) is 36.4 Å². The van der Waals surface area contributed by atoms with E-state index in [1.807, 2.05) is 12.1 Å². The summed E-state index contributed by atoms with van der Waals surface area (Å²) in [7, 11) is 0. The summed E-state index contributed by atoms with van der Waals surface area (Å²) in [4.78, 5) is 12.6. The van der Waals surface area contributed by atoms with Crippen molar-refractivity contribution in [2.24, 2.45) is 11.1 Å². The van der Waals surface area contributed by atoms with E-state index in [1.165, 1.54) is 0 Å². The highest BCUT2D eigenvalue weighted by molar-refractivity contribution is 6.30. The van der Waals surface area contributed by atoms with Crippen molar-refractivity contribution in [1.29, 1.82) is 0 Å². The van der Waals surface area contributed by atoms with Gasteiger partial charge in [-0.3, -0.25) is 4.79 Å². The fraction of sp³-hybridized carbons (Fsp3) is 0.316. The maximum absolute atomic E-state index is 12.6. The minimum Gasteiger partial charge on any atom is -0.457 e. The number of nitrogens with one attached hydrogen (secondary N) is 1. The monoisotopic (exact) mass is 396 g/mol. The van der Waals surface area contributed by atoms with E-state index >= 15 is 0 Å². The van der Waals surface area contributed by atoms with Crippen LogP contribution in [0, 0.1) is 5.41 Å². The van der Waals surface area contributed by atoms with Crippen molar-refractivity contribution in [3.8, 4) is 11.5 Å². The number of amides is 1. The van der Waals surface area contributed by atoms with E-state index in [-0.39, 0.29) is 18.3 Å². The summed E-state index contributed by atoms with van der Waals surface area (Å²) in [6, 6.07) is 14.4. The Bertz CT molecular complexity index is 732. The molecule has 1 saturated heterocycles. The Hall–Kier alpha value is -1.79. The third-order valence-corrected chi connectivity index (χ3v) is 4.70. The fourth-order valence-electron chi connectivity index (χ4n) is 2.82. The predicted octanol–water partition coefficient (Wildman–Crippen LogP) is 4.25. The van der Waals surface area contributed by atoms with Crippen molar-refractivity contribution >= 4 is 35.6 Å². The molecule has 0 saturated carbocycles. The molecule has 26 heavy (non-hydrogen) atoms. The molecule has 0 aliphatic carbocycles. The van der Waals surface area contributed by atoms with Crippen LogP contribution < -0.4 is 15.8 Å². The first-order chi connectivity index (χ1) is 12.1. The highest BCUT2D eigenvalue weighted by Gasteiger charge is 2.38. The van der Waals surface area contributed by atoms with E-state index in [4.69, 9.17) is 26.8 Å².